The third-order valence-electron chi connectivity index (χ3n) is 2.85. The second kappa shape index (κ2) is 4.82. The Hall–Kier alpha value is -2.20. The van der Waals surface area contributed by atoms with E-state index in [9.17, 15) is 4.79 Å². The van der Waals surface area contributed by atoms with E-state index < -0.39 is 0 Å². The van der Waals surface area contributed by atoms with Crippen molar-refractivity contribution in [2.45, 2.75) is 6.54 Å². The first-order valence-electron chi connectivity index (χ1n) is 5.77. The average molecular weight is 272 g/mol. The predicted molar refractivity (Wildman–Crippen MR) is 73.5 cm³/mol. The van der Waals surface area contributed by atoms with Crippen molar-refractivity contribution >= 4 is 28.9 Å². The molecule has 2 aromatic heterocycles. The molecule has 1 aromatic carbocycles. The van der Waals surface area contributed by atoms with Gasteiger partial charge in [0.15, 0.2) is 11.9 Å². The first-order valence-corrected chi connectivity index (χ1v) is 6.15. The summed E-state index contributed by atoms with van der Waals surface area (Å²) in [5.74, 6) is 0. The monoisotopic (exact) mass is 271 g/mol. The number of carbonyl (C=O) groups excluding carboxylic acids is 1. The second-order valence-electron chi connectivity index (χ2n) is 4.23. The number of rotatable bonds is 3. The van der Waals surface area contributed by atoms with Crippen LogP contribution in [0, 0.1) is 0 Å². The van der Waals surface area contributed by atoms with Crippen LogP contribution < -0.4 is 0 Å². The number of benzene rings is 1. The highest BCUT2D eigenvalue weighted by molar-refractivity contribution is 6.30. The summed E-state index contributed by atoms with van der Waals surface area (Å²) >= 11 is 5.96. The molecule has 0 fully saturated rings. The fraction of sp³-hybridized carbons (Fsp3) is 0.0714. The van der Waals surface area contributed by atoms with Gasteiger partial charge in [0.2, 0.25) is 0 Å². The van der Waals surface area contributed by atoms with Gasteiger partial charge >= 0.3 is 0 Å². The van der Waals surface area contributed by atoms with Crippen molar-refractivity contribution in [2.24, 2.45) is 0 Å². The number of halogens is 1. The predicted octanol–water partition coefficient (Wildman–Crippen LogP) is 2.95. The molecular weight excluding hydrogens is 262 g/mol. The fourth-order valence-electron chi connectivity index (χ4n) is 1.98. The molecule has 2 heterocycles. The molecule has 0 amide bonds. The molecule has 0 unspecified atom stereocenters. The Balaban J connectivity index is 1.99. The summed E-state index contributed by atoms with van der Waals surface area (Å²) in [4.78, 5) is 15.0. The molecule has 0 radical (unpaired) electrons. The molecule has 0 saturated carbocycles. The molecule has 0 N–H and O–H groups in total. The molecule has 4 nitrogen and oxygen atoms in total. The number of fused-ring (bicyclic) bond motifs is 1. The van der Waals surface area contributed by atoms with Crippen LogP contribution in [0.15, 0.2) is 42.7 Å². The largest absolute Gasteiger partial charge is 0.298 e. The minimum absolute atomic E-state index is 0.551. The van der Waals surface area contributed by atoms with Crippen LogP contribution in [0.2, 0.25) is 5.02 Å². The molecule has 5 heteroatoms. The minimum atomic E-state index is 0.551. The summed E-state index contributed by atoms with van der Waals surface area (Å²) in [6.07, 6.45) is 4.03. The van der Waals surface area contributed by atoms with Gasteiger partial charge in [-0.15, -0.1) is 0 Å². The Kier molecular flexibility index (Phi) is 3.01. The Morgan fingerprint density at radius 3 is 2.95 bits per heavy atom. The SMILES string of the molecule is O=Cc1cnc2c(cnn2Cc2cccc(Cl)c2)c1. The van der Waals surface area contributed by atoms with Crippen LogP contribution in [0.3, 0.4) is 0 Å². The van der Waals surface area contributed by atoms with Crippen LogP contribution in [0.5, 0.6) is 0 Å². The van der Waals surface area contributed by atoms with Gasteiger partial charge in [0, 0.05) is 22.2 Å². The van der Waals surface area contributed by atoms with Crippen molar-refractivity contribution < 1.29 is 4.79 Å². The van der Waals surface area contributed by atoms with Crippen LogP contribution in [0.1, 0.15) is 15.9 Å². The molecule has 0 spiro atoms. The van der Waals surface area contributed by atoms with Crippen molar-refractivity contribution in [1.82, 2.24) is 14.8 Å². The van der Waals surface area contributed by atoms with E-state index in [1.54, 1.807) is 23.1 Å². The van der Waals surface area contributed by atoms with E-state index in [2.05, 4.69) is 10.1 Å². The van der Waals surface area contributed by atoms with Gasteiger partial charge in [-0.1, -0.05) is 23.7 Å². The zero-order chi connectivity index (χ0) is 13.2. The molecule has 3 aromatic rings. The van der Waals surface area contributed by atoms with E-state index in [0.29, 0.717) is 17.1 Å². The van der Waals surface area contributed by atoms with Crippen LogP contribution in [0.25, 0.3) is 11.0 Å². The van der Waals surface area contributed by atoms with Gasteiger partial charge in [-0.3, -0.25) is 4.79 Å². The van der Waals surface area contributed by atoms with E-state index in [-0.39, 0.29) is 0 Å². The maximum Gasteiger partial charge on any atom is 0.158 e. The van der Waals surface area contributed by atoms with Gasteiger partial charge in [-0.2, -0.15) is 5.10 Å². The molecule has 0 aliphatic rings. The Labute approximate surface area is 114 Å². The number of pyridine rings is 1. The maximum atomic E-state index is 10.7. The normalized spacial score (nSPS) is 10.8. The lowest BCUT2D eigenvalue weighted by atomic mass is 10.2. The van der Waals surface area contributed by atoms with Crippen molar-refractivity contribution in [1.29, 1.82) is 0 Å². The van der Waals surface area contributed by atoms with Gasteiger partial charge in [-0.25, -0.2) is 9.67 Å². The molecule has 0 saturated heterocycles. The van der Waals surface area contributed by atoms with Crippen LogP contribution in [-0.2, 0) is 6.54 Å². The molecular formula is C14H10ClN3O. The lowest BCUT2D eigenvalue weighted by Crippen LogP contribution is -2.02. The molecule has 0 bridgehead atoms. The summed E-state index contributed by atoms with van der Waals surface area (Å²) in [5, 5.41) is 5.84. The topological polar surface area (TPSA) is 47.8 Å². The molecule has 0 atom stereocenters. The van der Waals surface area contributed by atoms with Gasteiger partial charge < -0.3 is 0 Å². The maximum absolute atomic E-state index is 10.7. The number of nitrogens with zero attached hydrogens (tertiary/aromatic N) is 3. The minimum Gasteiger partial charge on any atom is -0.298 e. The van der Waals surface area contributed by atoms with Gasteiger partial charge in [-0.05, 0) is 23.8 Å². The summed E-state index contributed by atoms with van der Waals surface area (Å²) in [7, 11) is 0. The van der Waals surface area contributed by atoms with Gasteiger partial charge in [0.05, 0.1) is 12.7 Å². The molecule has 3 rings (SSSR count). The number of hydrogen-bond acceptors (Lipinski definition) is 3. The lowest BCUT2D eigenvalue weighted by Gasteiger charge is -2.03. The molecule has 94 valence electrons. The number of carbonyl (C=O) groups is 1. The second-order valence-corrected chi connectivity index (χ2v) is 4.67. The number of aromatic nitrogens is 3. The zero-order valence-electron chi connectivity index (χ0n) is 9.95. The Bertz CT molecular complexity index is 751. The summed E-state index contributed by atoms with van der Waals surface area (Å²) in [6, 6.07) is 9.40. The fourth-order valence-corrected chi connectivity index (χ4v) is 2.19. The first kappa shape index (κ1) is 11.9. The highest BCUT2D eigenvalue weighted by Gasteiger charge is 2.06. The van der Waals surface area contributed by atoms with E-state index in [4.69, 9.17) is 11.6 Å². The van der Waals surface area contributed by atoms with Crippen LogP contribution in [-0.4, -0.2) is 21.1 Å². The quantitative estimate of drug-likeness (QED) is 0.688. The zero-order valence-corrected chi connectivity index (χ0v) is 10.7. The van der Waals surface area contributed by atoms with Crippen molar-refractivity contribution in [2.75, 3.05) is 0 Å². The van der Waals surface area contributed by atoms with E-state index in [0.717, 1.165) is 22.9 Å². The van der Waals surface area contributed by atoms with E-state index in [1.807, 2.05) is 24.3 Å². The summed E-state index contributed by atoms with van der Waals surface area (Å²) in [5.41, 5.74) is 2.36. The molecule has 0 aliphatic carbocycles. The van der Waals surface area contributed by atoms with Gasteiger partial charge in [0.25, 0.3) is 0 Å². The lowest BCUT2D eigenvalue weighted by molar-refractivity contribution is 0.112. The molecule has 0 aliphatic heterocycles. The first-order chi connectivity index (χ1) is 9.26. The third kappa shape index (κ3) is 2.35. The third-order valence-corrected chi connectivity index (χ3v) is 3.09. The number of hydrogen-bond donors (Lipinski definition) is 0. The van der Waals surface area contributed by atoms with E-state index >= 15 is 0 Å². The van der Waals surface area contributed by atoms with E-state index in [1.165, 1.54) is 0 Å². The Morgan fingerprint density at radius 1 is 1.26 bits per heavy atom. The van der Waals surface area contributed by atoms with Crippen LogP contribution in [0.4, 0.5) is 0 Å². The van der Waals surface area contributed by atoms with Crippen molar-refractivity contribution in [3.05, 3.63) is 58.9 Å². The number of aldehydes is 1. The standard InChI is InChI=1S/C14H10ClN3O/c15-13-3-1-2-10(5-13)8-18-14-12(7-17-18)4-11(9-19)6-16-14/h1-7,9H,8H2. The summed E-state index contributed by atoms with van der Waals surface area (Å²) in [6.45, 7) is 0.595. The Morgan fingerprint density at radius 2 is 2.16 bits per heavy atom. The van der Waals surface area contributed by atoms with Gasteiger partial charge in [0.1, 0.15) is 0 Å². The van der Waals surface area contributed by atoms with Crippen molar-refractivity contribution in [3.63, 3.8) is 0 Å². The smallest absolute Gasteiger partial charge is 0.158 e. The highest BCUT2D eigenvalue weighted by atomic mass is 35.5. The highest BCUT2D eigenvalue weighted by Crippen LogP contribution is 2.16. The summed E-state index contributed by atoms with van der Waals surface area (Å²) < 4.78 is 1.79. The average Bonchev–Trinajstić information content (AvgIpc) is 2.81. The van der Waals surface area contributed by atoms with Crippen LogP contribution >= 0.6 is 11.6 Å². The van der Waals surface area contributed by atoms with Crippen molar-refractivity contribution in [3.8, 4) is 0 Å². The molecule has 19 heavy (non-hydrogen) atoms.